The Morgan fingerprint density at radius 1 is 1.28 bits per heavy atom. The number of nitrogens with one attached hydrogen (secondary N) is 1. The Bertz CT molecular complexity index is 496. The number of hydrogen-bond acceptors (Lipinski definition) is 4. The van der Waals surface area contributed by atoms with Crippen LogP contribution in [0, 0.1) is 0 Å². The number of sulfone groups is 1. The van der Waals surface area contributed by atoms with Crippen molar-refractivity contribution in [2.75, 3.05) is 11.9 Å². The third kappa shape index (κ3) is 3.14. The lowest BCUT2D eigenvalue weighted by molar-refractivity contribution is -0.0436. The van der Waals surface area contributed by atoms with Crippen molar-refractivity contribution < 1.29 is 26.7 Å². The van der Waals surface area contributed by atoms with Crippen molar-refractivity contribution in [1.82, 2.24) is 0 Å². The van der Waals surface area contributed by atoms with Crippen LogP contribution in [0.25, 0.3) is 0 Å². The van der Waals surface area contributed by atoms with Gasteiger partial charge in [0.2, 0.25) is 0 Å². The summed E-state index contributed by atoms with van der Waals surface area (Å²) in [6.07, 6.45) is 0. The summed E-state index contributed by atoms with van der Waals surface area (Å²) in [6, 6.07) is 3.88. The number of hydrogen-bond donors (Lipinski definition) is 2. The first-order chi connectivity index (χ1) is 8.18. The second-order valence-corrected chi connectivity index (χ2v) is 5.64. The van der Waals surface area contributed by atoms with E-state index in [-0.39, 0.29) is 12.6 Å². The molecule has 0 fully saturated rings. The lowest BCUT2D eigenvalue weighted by Gasteiger charge is -2.13. The maximum Gasteiger partial charge on any atom is 0.501 e. The van der Waals surface area contributed by atoms with Crippen LogP contribution >= 0.6 is 0 Å². The summed E-state index contributed by atoms with van der Waals surface area (Å²) < 4.78 is 58.9. The van der Waals surface area contributed by atoms with E-state index < -0.39 is 20.2 Å². The van der Waals surface area contributed by atoms with E-state index >= 15 is 0 Å². The Hall–Kier alpha value is -1.28. The monoisotopic (exact) mass is 283 g/mol. The first-order valence-electron chi connectivity index (χ1n) is 4.97. The molecular weight excluding hydrogens is 271 g/mol. The summed E-state index contributed by atoms with van der Waals surface area (Å²) in [5, 5.41) is 11.6. The Kier molecular flexibility index (Phi) is 4.23. The predicted octanol–water partition coefficient (Wildman–Crippen LogP) is 1.77. The van der Waals surface area contributed by atoms with Crippen LogP contribution in [-0.2, 0) is 9.84 Å². The average Bonchev–Trinajstić information content (AvgIpc) is 2.28. The lowest BCUT2D eigenvalue weighted by Crippen LogP contribution is -2.23. The third-order valence-corrected chi connectivity index (χ3v) is 3.66. The molecule has 0 saturated carbocycles. The van der Waals surface area contributed by atoms with E-state index in [9.17, 15) is 21.6 Å². The van der Waals surface area contributed by atoms with Crippen molar-refractivity contribution in [1.29, 1.82) is 0 Å². The molecular formula is C10H12F3NO3S. The van der Waals surface area contributed by atoms with Gasteiger partial charge in [-0.25, -0.2) is 8.42 Å². The molecule has 0 saturated heterocycles. The van der Waals surface area contributed by atoms with E-state index in [1.165, 1.54) is 12.1 Å². The van der Waals surface area contributed by atoms with E-state index in [4.69, 9.17) is 5.11 Å². The quantitative estimate of drug-likeness (QED) is 0.884. The highest BCUT2D eigenvalue weighted by Gasteiger charge is 2.46. The van der Waals surface area contributed by atoms with Crippen LogP contribution in [0.3, 0.4) is 0 Å². The predicted molar refractivity (Wildman–Crippen MR) is 59.9 cm³/mol. The fourth-order valence-electron chi connectivity index (χ4n) is 1.19. The normalized spacial score (nSPS) is 14.3. The molecule has 1 aromatic rings. The minimum absolute atomic E-state index is 0.150. The van der Waals surface area contributed by atoms with Crippen molar-refractivity contribution in [2.24, 2.45) is 0 Å². The van der Waals surface area contributed by atoms with Crippen LogP contribution in [0.2, 0.25) is 0 Å². The van der Waals surface area contributed by atoms with Gasteiger partial charge in [0.15, 0.2) is 0 Å². The summed E-state index contributed by atoms with van der Waals surface area (Å²) in [7, 11) is -5.30. The molecule has 1 unspecified atom stereocenters. The van der Waals surface area contributed by atoms with Gasteiger partial charge in [-0.1, -0.05) is 0 Å². The molecule has 0 amide bonds. The fourth-order valence-corrected chi connectivity index (χ4v) is 1.96. The van der Waals surface area contributed by atoms with Gasteiger partial charge in [-0.15, -0.1) is 0 Å². The van der Waals surface area contributed by atoms with E-state index in [0.29, 0.717) is 5.69 Å². The summed E-state index contributed by atoms with van der Waals surface area (Å²) in [5.41, 5.74) is -4.88. The van der Waals surface area contributed by atoms with Crippen molar-refractivity contribution in [3.05, 3.63) is 24.3 Å². The van der Waals surface area contributed by atoms with Crippen LogP contribution in [0.15, 0.2) is 29.2 Å². The standard InChI is InChI=1S/C10H12F3NO3S/c1-7(6-15)14-8-2-4-9(5-3-8)18(16,17)10(11,12)13/h2-5,7,14-15H,6H2,1H3. The highest BCUT2D eigenvalue weighted by Crippen LogP contribution is 2.30. The van der Waals surface area contributed by atoms with Crippen LogP contribution in [0.5, 0.6) is 0 Å². The van der Waals surface area contributed by atoms with Crippen molar-refractivity contribution in [3.63, 3.8) is 0 Å². The molecule has 2 N–H and O–H groups in total. The van der Waals surface area contributed by atoms with Gasteiger partial charge in [0.1, 0.15) is 0 Å². The first-order valence-corrected chi connectivity index (χ1v) is 6.45. The summed E-state index contributed by atoms with van der Waals surface area (Å²) in [6.45, 7) is 1.52. The Morgan fingerprint density at radius 2 is 1.78 bits per heavy atom. The fraction of sp³-hybridized carbons (Fsp3) is 0.400. The molecule has 0 spiro atoms. The summed E-state index contributed by atoms with van der Waals surface area (Å²) in [4.78, 5) is -0.808. The molecule has 18 heavy (non-hydrogen) atoms. The zero-order valence-corrected chi connectivity index (χ0v) is 10.2. The molecule has 102 valence electrons. The van der Waals surface area contributed by atoms with Crippen molar-refractivity contribution in [3.8, 4) is 0 Å². The minimum Gasteiger partial charge on any atom is -0.394 e. The molecule has 0 bridgehead atoms. The maximum atomic E-state index is 12.2. The van der Waals surface area contributed by atoms with Crippen LogP contribution in [0.1, 0.15) is 6.92 Å². The van der Waals surface area contributed by atoms with Gasteiger partial charge in [0.05, 0.1) is 11.5 Å². The second-order valence-electron chi connectivity index (χ2n) is 3.70. The Balaban J connectivity index is 2.97. The molecule has 8 heteroatoms. The van der Waals surface area contributed by atoms with E-state index in [1.807, 2.05) is 0 Å². The van der Waals surface area contributed by atoms with Crippen molar-refractivity contribution in [2.45, 2.75) is 23.4 Å². The number of rotatable bonds is 4. The molecule has 0 aliphatic heterocycles. The van der Waals surface area contributed by atoms with Gasteiger partial charge in [-0.2, -0.15) is 13.2 Å². The van der Waals surface area contributed by atoms with Crippen LogP contribution in [0.4, 0.5) is 18.9 Å². The Morgan fingerprint density at radius 3 is 2.17 bits per heavy atom. The zero-order valence-electron chi connectivity index (χ0n) is 9.40. The molecule has 4 nitrogen and oxygen atoms in total. The molecule has 0 aliphatic rings. The lowest BCUT2D eigenvalue weighted by atomic mass is 10.3. The van der Waals surface area contributed by atoms with Gasteiger partial charge >= 0.3 is 5.51 Å². The number of benzene rings is 1. The van der Waals surface area contributed by atoms with Crippen LogP contribution in [-0.4, -0.2) is 31.7 Å². The number of aliphatic hydroxyl groups excluding tert-OH is 1. The number of halogens is 3. The molecule has 0 aromatic heterocycles. The maximum absolute atomic E-state index is 12.2. The summed E-state index contributed by atoms with van der Waals surface area (Å²) in [5.74, 6) is 0. The third-order valence-electron chi connectivity index (χ3n) is 2.16. The highest BCUT2D eigenvalue weighted by molar-refractivity contribution is 7.92. The average molecular weight is 283 g/mol. The SMILES string of the molecule is CC(CO)Nc1ccc(S(=O)(=O)C(F)(F)F)cc1. The van der Waals surface area contributed by atoms with Gasteiger partial charge in [0.25, 0.3) is 9.84 Å². The molecule has 0 heterocycles. The zero-order chi connectivity index (χ0) is 14.0. The largest absolute Gasteiger partial charge is 0.501 e. The van der Waals surface area contributed by atoms with Crippen molar-refractivity contribution >= 4 is 15.5 Å². The summed E-state index contributed by atoms with van der Waals surface area (Å²) >= 11 is 0. The van der Waals surface area contributed by atoms with Gasteiger partial charge < -0.3 is 10.4 Å². The number of aliphatic hydroxyl groups is 1. The van der Waals surface area contributed by atoms with E-state index in [2.05, 4.69) is 5.32 Å². The molecule has 1 atom stereocenters. The topological polar surface area (TPSA) is 66.4 Å². The molecule has 1 rings (SSSR count). The smallest absolute Gasteiger partial charge is 0.394 e. The first kappa shape index (κ1) is 14.8. The minimum atomic E-state index is -5.31. The highest BCUT2D eigenvalue weighted by atomic mass is 32.2. The second kappa shape index (κ2) is 5.15. The number of anilines is 1. The molecule has 0 aliphatic carbocycles. The Labute approximate surface area is 102 Å². The molecule has 0 radical (unpaired) electrons. The van der Waals surface area contributed by atoms with E-state index in [1.54, 1.807) is 6.92 Å². The van der Waals surface area contributed by atoms with Crippen LogP contribution < -0.4 is 5.32 Å². The van der Waals surface area contributed by atoms with Gasteiger partial charge in [-0.05, 0) is 31.2 Å². The van der Waals surface area contributed by atoms with Gasteiger partial charge in [-0.3, -0.25) is 0 Å². The van der Waals surface area contributed by atoms with E-state index in [0.717, 1.165) is 12.1 Å². The number of alkyl halides is 3. The van der Waals surface area contributed by atoms with Gasteiger partial charge in [0, 0.05) is 11.7 Å². The molecule has 1 aromatic carbocycles.